The Balaban J connectivity index is 1.64. The van der Waals surface area contributed by atoms with Gasteiger partial charge in [0.1, 0.15) is 5.82 Å². The molecule has 1 heterocycles. The van der Waals surface area contributed by atoms with Crippen molar-refractivity contribution in [2.75, 3.05) is 35.2 Å². The SMILES string of the molecule is O=C(CNC(=O)Nc1cc(C(F)(F)F)ccc1N1CCCC1)Nc1ccc(F)cc1. The lowest BCUT2D eigenvalue weighted by atomic mass is 10.1. The zero-order valence-corrected chi connectivity index (χ0v) is 15.9. The molecular weight excluding hydrogens is 404 g/mol. The molecule has 30 heavy (non-hydrogen) atoms. The molecule has 0 bridgehead atoms. The molecule has 0 aromatic heterocycles. The van der Waals surface area contributed by atoms with Crippen molar-refractivity contribution in [3.05, 3.63) is 53.8 Å². The Bertz CT molecular complexity index is 910. The first-order chi connectivity index (χ1) is 14.2. The summed E-state index contributed by atoms with van der Waals surface area (Å²) >= 11 is 0. The molecule has 3 N–H and O–H groups in total. The summed E-state index contributed by atoms with van der Waals surface area (Å²) in [4.78, 5) is 26.0. The van der Waals surface area contributed by atoms with Gasteiger partial charge in [0, 0.05) is 18.8 Å². The summed E-state index contributed by atoms with van der Waals surface area (Å²) in [6.45, 7) is 0.949. The molecule has 1 fully saturated rings. The first-order valence-corrected chi connectivity index (χ1v) is 9.29. The van der Waals surface area contributed by atoms with Gasteiger partial charge in [0.15, 0.2) is 0 Å². The summed E-state index contributed by atoms with van der Waals surface area (Å²) in [5.41, 5.74) is -0.0258. The smallest absolute Gasteiger partial charge is 0.370 e. The van der Waals surface area contributed by atoms with Gasteiger partial charge in [-0.2, -0.15) is 13.2 Å². The molecule has 2 aromatic carbocycles. The Kier molecular flexibility index (Phi) is 6.43. The van der Waals surface area contributed by atoms with Crippen molar-refractivity contribution in [3.63, 3.8) is 0 Å². The molecule has 1 aliphatic rings. The van der Waals surface area contributed by atoms with Crippen LogP contribution in [0, 0.1) is 5.82 Å². The Hall–Kier alpha value is -3.30. The number of nitrogens with zero attached hydrogens (tertiary/aromatic N) is 1. The third-order valence-corrected chi connectivity index (χ3v) is 4.56. The van der Waals surface area contributed by atoms with Gasteiger partial charge in [-0.1, -0.05) is 0 Å². The first-order valence-electron chi connectivity index (χ1n) is 9.29. The molecule has 0 unspecified atom stereocenters. The van der Waals surface area contributed by atoms with Crippen LogP contribution in [0.4, 0.5) is 39.4 Å². The van der Waals surface area contributed by atoms with Gasteiger partial charge < -0.3 is 20.9 Å². The number of hydrogen-bond donors (Lipinski definition) is 3. The van der Waals surface area contributed by atoms with E-state index in [1.54, 1.807) is 0 Å². The predicted octanol–water partition coefficient (Wildman–Crippen LogP) is 4.20. The van der Waals surface area contributed by atoms with Gasteiger partial charge in [0.25, 0.3) is 0 Å². The molecule has 0 atom stereocenters. The van der Waals surface area contributed by atoms with Crippen molar-refractivity contribution in [1.82, 2.24) is 5.32 Å². The van der Waals surface area contributed by atoms with Crippen LogP contribution in [-0.4, -0.2) is 31.6 Å². The molecule has 10 heteroatoms. The number of carbonyl (C=O) groups is 2. The van der Waals surface area contributed by atoms with Crippen LogP contribution in [0.3, 0.4) is 0 Å². The van der Waals surface area contributed by atoms with Gasteiger partial charge in [0.05, 0.1) is 23.5 Å². The highest BCUT2D eigenvalue weighted by atomic mass is 19.4. The summed E-state index contributed by atoms with van der Waals surface area (Å²) in [6, 6.07) is 7.44. The number of amides is 3. The van der Waals surface area contributed by atoms with E-state index in [9.17, 15) is 27.2 Å². The summed E-state index contributed by atoms with van der Waals surface area (Å²) in [5, 5.41) is 7.18. The highest BCUT2D eigenvalue weighted by Gasteiger charge is 2.32. The fourth-order valence-electron chi connectivity index (χ4n) is 3.11. The molecule has 0 radical (unpaired) electrons. The fraction of sp³-hybridized carbons (Fsp3) is 0.300. The summed E-state index contributed by atoms with van der Waals surface area (Å²) in [5.74, 6) is -1.03. The quantitative estimate of drug-likeness (QED) is 0.630. The van der Waals surface area contributed by atoms with E-state index in [1.807, 2.05) is 4.90 Å². The summed E-state index contributed by atoms with van der Waals surface area (Å²) in [7, 11) is 0. The number of urea groups is 1. The number of nitrogens with one attached hydrogen (secondary N) is 3. The van der Waals surface area contributed by atoms with Crippen molar-refractivity contribution in [1.29, 1.82) is 0 Å². The van der Waals surface area contributed by atoms with E-state index in [0.717, 1.165) is 25.0 Å². The maximum atomic E-state index is 13.1. The van der Waals surface area contributed by atoms with Crippen molar-refractivity contribution >= 4 is 29.0 Å². The maximum Gasteiger partial charge on any atom is 0.416 e. The highest BCUT2D eigenvalue weighted by Crippen LogP contribution is 2.36. The highest BCUT2D eigenvalue weighted by molar-refractivity contribution is 5.98. The van der Waals surface area contributed by atoms with Gasteiger partial charge in [-0.05, 0) is 55.3 Å². The number of carbonyl (C=O) groups excluding carboxylic acids is 2. The van der Waals surface area contributed by atoms with Crippen molar-refractivity contribution < 1.29 is 27.2 Å². The van der Waals surface area contributed by atoms with Crippen LogP contribution < -0.4 is 20.9 Å². The van der Waals surface area contributed by atoms with Gasteiger partial charge in [0.2, 0.25) is 5.91 Å². The Morgan fingerprint density at radius 3 is 2.27 bits per heavy atom. The minimum Gasteiger partial charge on any atom is -0.370 e. The molecule has 6 nitrogen and oxygen atoms in total. The molecule has 2 aromatic rings. The van der Waals surface area contributed by atoms with Crippen LogP contribution in [0.1, 0.15) is 18.4 Å². The number of anilines is 3. The monoisotopic (exact) mass is 424 g/mol. The molecule has 3 rings (SSSR count). The minimum atomic E-state index is -4.55. The van der Waals surface area contributed by atoms with Gasteiger partial charge in [-0.3, -0.25) is 4.79 Å². The lowest BCUT2D eigenvalue weighted by molar-refractivity contribution is -0.137. The Morgan fingerprint density at radius 2 is 1.63 bits per heavy atom. The molecule has 0 spiro atoms. The molecule has 0 aliphatic carbocycles. The number of hydrogen-bond acceptors (Lipinski definition) is 3. The van der Waals surface area contributed by atoms with Crippen LogP contribution in [0.2, 0.25) is 0 Å². The van der Waals surface area contributed by atoms with Crippen LogP contribution in [0.25, 0.3) is 0 Å². The van der Waals surface area contributed by atoms with Crippen LogP contribution in [-0.2, 0) is 11.0 Å². The second kappa shape index (κ2) is 9.02. The average molecular weight is 424 g/mol. The standard InChI is InChI=1S/C20H20F4N4O2/c21-14-4-6-15(7-5-14)26-18(29)12-25-19(30)27-16-11-13(20(22,23)24)3-8-17(16)28-9-1-2-10-28/h3-8,11H,1-2,9-10,12H2,(H,26,29)(H2,25,27,30). The second-order valence-corrected chi connectivity index (χ2v) is 6.79. The van der Waals surface area contributed by atoms with E-state index < -0.39 is 36.0 Å². The minimum absolute atomic E-state index is 0.0168. The van der Waals surface area contributed by atoms with Crippen molar-refractivity contribution in [2.45, 2.75) is 19.0 Å². The second-order valence-electron chi connectivity index (χ2n) is 6.79. The molecule has 1 aliphatic heterocycles. The van der Waals surface area contributed by atoms with Crippen molar-refractivity contribution in [2.24, 2.45) is 0 Å². The van der Waals surface area contributed by atoms with Gasteiger partial charge in [-0.15, -0.1) is 0 Å². The summed E-state index contributed by atoms with van der Waals surface area (Å²) < 4.78 is 52.1. The zero-order chi connectivity index (χ0) is 21.7. The van der Waals surface area contributed by atoms with E-state index in [1.165, 1.54) is 30.3 Å². The number of halogens is 4. The van der Waals surface area contributed by atoms with E-state index >= 15 is 0 Å². The molecule has 160 valence electrons. The molecule has 3 amide bonds. The third kappa shape index (κ3) is 5.62. The van der Waals surface area contributed by atoms with Crippen molar-refractivity contribution in [3.8, 4) is 0 Å². The topological polar surface area (TPSA) is 73.5 Å². The largest absolute Gasteiger partial charge is 0.416 e. The average Bonchev–Trinajstić information content (AvgIpc) is 3.22. The Morgan fingerprint density at radius 1 is 0.967 bits per heavy atom. The maximum absolute atomic E-state index is 13.1. The normalized spacial score (nSPS) is 13.8. The molecule has 1 saturated heterocycles. The van der Waals surface area contributed by atoms with Crippen LogP contribution in [0.15, 0.2) is 42.5 Å². The molecular formula is C20H20F4N4O2. The fourth-order valence-corrected chi connectivity index (χ4v) is 3.11. The first kappa shape index (κ1) is 21.4. The molecule has 0 saturated carbocycles. The lowest BCUT2D eigenvalue weighted by Crippen LogP contribution is -2.36. The summed E-state index contributed by atoms with van der Waals surface area (Å²) in [6.07, 6.45) is -2.72. The van der Waals surface area contributed by atoms with Crippen LogP contribution >= 0.6 is 0 Å². The number of rotatable bonds is 5. The van der Waals surface area contributed by atoms with Crippen LogP contribution in [0.5, 0.6) is 0 Å². The van der Waals surface area contributed by atoms with E-state index in [-0.39, 0.29) is 5.69 Å². The van der Waals surface area contributed by atoms with Gasteiger partial charge >= 0.3 is 12.2 Å². The Labute approximate surface area is 170 Å². The zero-order valence-electron chi connectivity index (χ0n) is 15.9. The van der Waals surface area contributed by atoms with E-state index in [2.05, 4.69) is 16.0 Å². The third-order valence-electron chi connectivity index (χ3n) is 4.56. The van der Waals surface area contributed by atoms with Gasteiger partial charge in [-0.25, -0.2) is 9.18 Å². The lowest BCUT2D eigenvalue weighted by Gasteiger charge is -2.23. The predicted molar refractivity (Wildman–Crippen MR) is 105 cm³/mol. The number of alkyl halides is 3. The van der Waals surface area contributed by atoms with E-state index in [4.69, 9.17) is 0 Å². The number of benzene rings is 2. The van der Waals surface area contributed by atoms with E-state index in [0.29, 0.717) is 24.5 Å².